The predicted octanol–water partition coefficient (Wildman–Crippen LogP) is 4.92. The van der Waals surface area contributed by atoms with Gasteiger partial charge in [0.2, 0.25) is 0 Å². The van der Waals surface area contributed by atoms with E-state index in [2.05, 4.69) is 13.8 Å². The minimum atomic E-state index is 0.212. The van der Waals surface area contributed by atoms with Gasteiger partial charge in [0, 0.05) is 22.9 Å². The molecule has 3 heteroatoms. The maximum atomic E-state index is 12.5. The number of carbonyl (C=O) groups excluding carboxylic acids is 1. The summed E-state index contributed by atoms with van der Waals surface area (Å²) in [6, 6.07) is 5.47. The first-order valence-corrected chi connectivity index (χ1v) is 8.24. The molecular formula is C18H25ClO2. The second kappa shape index (κ2) is 7.31. The Morgan fingerprint density at radius 3 is 2.52 bits per heavy atom. The Hall–Kier alpha value is -1.02. The van der Waals surface area contributed by atoms with Crippen LogP contribution in [0.1, 0.15) is 45.1 Å². The molecule has 116 valence electrons. The van der Waals surface area contributed by atoms with E-state index in [1.54, 1.807) is 13.2 Å². The summed E-state index contributed by atoms with van der Waals surface area (Å²) in [4.78, 5) is 12.5. The zero-order valence-corrected chi connectivity index (χ0v) is 14.0. The second-order valence-corrected chi connectivity index (χ2v) is 6.89. The van der Waals surface area contributed by atoms with E-state index in [0.29, 0.717) is 17.2 Å². The van der Waals surface area contributed by atoms with E-state index >= 15 is 0 Å². The molecule has 21 heavy (non-hydrogen) atoms. The lowest BCUT2D eigenvalue weighted by Crippen LogP contribution is -2.25. The van der Waals surface area contributed by atoms with Crippen LogP contribution in [-0.4, -0.2) is 12.9 Å². The molecule has 0 aliphatic heterocycles. The van der Waals surface area contributed by atoms with Gasteiger partial charge in [0.1, 0.15) is 11.5 Å². The van der Waals surface area contributed by atoms with Crippen LogP contribution in [0, 0.1) is 17.8 Å². The number of benzene rings is 1. The van der Waals surface area contributed by atoms with Gasteiger partial charge in [-0.3, -0.25) is 4.79 Å². The number of methoxy groups -OCH3 is 1. The summed E-state index contributed by atoms with van der Waals surface area (Å²) < 4.78 is 5.33. The normalized spacial score (nSPS) is 22.3. The smallest absolute Gasteiger partial charge is 0.140 e. The summed E-state index contributed by atoms with van der Waals surface area (Å²) in [6.07, 6.45) is 4.86. The first-order valence-electron chi connectivity index (χ1n) is 7.86. The molecule has 0 radical (unpaired) electrons. The topological polar surface area (TPSA) is 26.3 Å². The van der Waals surface area contributed by atoms with Gasteiger partial charge in [0.25, 0.3) is 0 Å². The van der Waals surface area contributed by atoms with Crippen LogP contribution in [0.2, 0.25) is 5.02 Å². The van der Waals surface area contributed by atoms with Gasteiger partial charge in [-0.2, -0.15) is 0 Å². The van der Waals surface area contributed by atoms with Crippen LogP contribution in [0.25, 0.3) is 0 Å². The third-order valence-corrected chi connectivity index (χ3v) is 5.01. The Kier molecular flexibility index (Phi) is 5.69. The molecule has 1 aliphatic rings. The number of halogens is 1. The van der Waals surface area contributed by atoms with Gasteiger partial charge in [-0.25, -0.2) is 0 Å². The fraction of sp³-hybridized carbons (Fsp3) is 0.611. The molecule has 1 saturated carbocycles. The third-order valence-electron chi connectivity index (χ3n) is 4.78. The Bertz CT molecular complexity index is 488. The van der Waals surface area contributed by atoms with E-state index in [1.165, 1.54) is 12.8 Å². The van der Waals surface area contributed by atoms with Gasteiger partial charge in [0.15, 0.2) is 0 Å². The fourth-order valence-corrected chi connectivity index (χ4v) is 3.52. The minimum absolute atomic E-state index is 0.212. The van der Waals surface area contributed by atoms with E-state index in [1.807, 2.05) is 12.1 Å². The van der Waals surface area contributed by atoms with Crippen LogP contribution < -0.4 is 4.74 Å². The van der Waals surface area contributed by atoms with Gasteiger partial charge in [0.05, 0.1) is 7.11 Å². The molecule has 0 aromatic heterocycles. The molecule has 0 saturated heterocycles. The molecule has 2 rings (SSSR count). The molecule has 0 heterocycles. The first-order chi connectivity index (χ1) is 10.0. The number of carbonyl (C=O) groups is 1. The van der Waals surface area contributed by atoms with Crippen LogP contribution in [-0.2, 0) is 11.2 Å². The molecular weight excluding hydrogens is 284 g/mol. The standard InChI is InChI=1S/C18H25ClO2/c1-12(2)13-4-6-14(7-5-13)17(20)11-15-10-16(19)8-9-18(15)21-3/h8-10,12-14H,4-7,11H2,1-3H3. The Morgan fingerprint density at radius 2 is 1.95 bits per heavy atom. The molecule has 0 spiro atoms. The fourth-order valence-electron chi connectivity index (χ4n) is 3.33. The Balaban J connectivity index is 1.98. The summed E-state index contributed by atoms with van der Waals surface area (Å²) in [6.45, 7) is 4.56. The minimum Gasteiger partial charge on any atom is -0.496 e. The molecule has 1 aromatic rings. The molecule has 1 aliphatic carbocycles. The maximum absolute atomic E-state index is 12.5. The molecule has 0 N–H and O–H groups in total. The largest absolute Gasteiger partial charge is 0.496 e. The zero-order valence-electron chi connectivity index (χ0n) is 13.2. The van der Waals surface area contributed by atoms with Crippen molar-refractivity contribution < 1.29 is 9.53 Å². The molecule has 0 atom stereocenters. The van der Waals surface area contributed by atoms with Crippen molar-refractivity contribution in [2.24, 2.45) is 17.8 Å². The zero-order chi connectivity index (χ0) is 15.4. The monoisotopic (exact) mass is 308 g/mol. The quantitative estimate of drug-likeness (QED) is 0.771. The van der Waals surface area contributed by atoms with Crippen LogP contribution >= 0.6 is 11.6 Å². The van der Waals surface area contributed by atoms with Crippen molar-refractivity contribution in [2.45, 2.75) is 46.0 Å². The van der Waals surface area contributed by atoms with E-state index in [-0.39, 0.29) is 5.92 Å². The van der Waals surface area contributed by atoms with Gasteiger partial charge in [-0.1, -0.05) is 25.4 Å². The lowest BCUT2D eigenvalue weighted by atomic mass is 9.75. The van der Waals surface area contributed by atoms with Crippen molar-refractivity contribution in [2.75, 3.05) is 7.11 Å². The number of hydrogen-bond donors (Lipinski definition) is 0. The first kappa shape index (κ1) is 16.4. The predicted molar refractivity (Wildman–Crippen MR) is 87.0 cm³/mol. The summed E-state index contributed by atoms with van der Waals surface area (Å²) in [5.74, 6) is 2.81. The molecule has 2 nitrogen and oxygen atoms in total. The van der Waals surface area contributed by atoms with E-state index in [9.17, 15) is 4.79 Å². The SMILES string of the molecule is COc1ccc(Cl)cc1CC(=O)C1CCC(C(C)C)CC1. The number of hydrogen-bond acceptors (Lipinski definition) is 2. The van der Waals surface area contributed by atoms with Crippen LogP contribution in [0.5, 0.6) is 5.75 Å². The van der Waals surface area contributed by atoms with E-state index in [4.69, 9.17) is 16.3 Å². The van der Waals surface area contributed by atoms with E-state index < -0.39 is 0 Å². The summed E-state index contributed by atoms with van der Waals surface area (Å²) >= 11 is 6.03. The molecule has 0 bridgehead atoms. The maximum Gasteiger partial charge on any atom is 0.140 e. The Morgan fingerprint density at radius 1 is 1.29 bits per heavy atom. The highest BCUT2D eigenvalue weighted by Crippen LogP contribution is 2.34. The van der Waals surface area contributed by atoms with Crippen molar-refractivity contribution in [1.82, 2.24) is 0 Å². The van der Waals surface area contributed by atoms with Crippen molar-refractivity contribution in [3.05, 3.63) is 28.8 Å². The molecule has 0 unspecified atom stereocenters. The summed E-state index contributed by atoms with van der Waals surface area (Å²) in [5, 5.41) is 0.655. The van der Waals surface area contributed by atoms with Gasteiger partial charge < -0.3 is 4.74 Å². The number of ether oxygens (including phenoxy) is 1. The highest BCUT2D eigenvalue weighted by atomic mass is 35.5. The summed E-state index contributed by atoms with van der Waals surface area (Å²) in [5.41, 5.74) is 0.904. The molecule has 1 fully saturated rings. The van der Waals surface area contributed by atoms with Crippen molar-refractivity contribution in [1.29, 1.82) is 0 Å². The molecule has 0 amide bonds. The third kappa shape index (κ3) is 4.23. The van der Waals surface area contributed by atoms with Crippen LogP contribution in [0.4, 0.5) is 0 Å². The number of Topliss-reactive ketones (excluding diaryl/α,β-unsaturated/α-hetero) is 1. The van der Waals surface area contributed by atoms with Crippen LogP contribution in [0.15, 0.2) is 18.2 Å². The number of rotatable bonds is 5. The van der Waals surface area contributed by atoms with Crippen molar-refractivity contribution in [3.63, 3.8) is 0 Å². The average Bonchev–Trinajstić information content (AvgIpc) is 2.47. The lowest BCUT2D eigenvalue weighted by Gasteiger charge is -2.30. The highest BCUT2D eigenvalue weighted by Gasteiger charge is 2.27. The van der Waals surface area contributed by atoms with Crippen molar-refractivity contribution in [3.8, 4) is 5.75 Å². The van der Waals surface area contributed by atoms with Gasteiger partial charge in [-0.05, 0) is 55.7 Å². The van der Waals surface area contributed by atoms with Crippen LogP contribution in [0.3, 0.4) is 0 Å². The van der Waals surface area contributed by atoms with Gasteiger partial charge >= 0.3 is 0 Å². The lowest BCUT2D eigenvalue weighted by molar-refractivity contribution is -0.123. The second-order valence-electron chi connectivity index (χ2n) is 6.45. The number of ketones is 1. The Labute approximate surface area is 132 Å². The highest BCUT2D eigenvalue weighted by molar-refractivity contribution is 6.30. The van der Waals surface area contributed by atoms with E-state index in [0.717, 1.165) is 36.0 Å². The average molecular weight is 309 g/mol. The summed E-state index contributed by atoms with van der Waals surface area (Å²) in [7, 11) is 1.63. The van der Waals surface area contributed by atoms with Crippen molar-refractivity contribution >= 4 is 17.4 Å². The van der Waals surface area contributed by atoms with Gasteiger partial charge in [-0.15, -0.1) is 0 Å². The molecule has 1 aromatic carbocycles.